The molecule has 4 N–H and O–H groups in total. The number of hydrogen-bond acceptors (Lipinski definition) is 7. The van der Waals surface area contributed by atoms with E-state index in [9.17, 15) is 15.3 Å². The average Bonchev–Trinajstić information content (AvgIpc) is 2.81. The molecule has 1 rings (SSSR count). The Hall–Kier alpha value is 0.110. The van der Waals surface area contributed by atoms with Gasteiger partial charge in [-0.15, -0.1) is 0 Å². The molecule has 1 saturated heterocycles. The van der Waals surface area contributed by atoms with Crippen molar-refractivity contribution in [1.29, 1.82) is 0 Å². The second-order valence-corrected chi connectivity index (χ2v) is 10.7. The molecule has 6 nitrogen and oxygen atoms in total. The summed E-state index contributed by atoms with van der Waals surface area (Å²) >= 11 is 1.81. The lowest BCUT2D eigenvalue weighted by Crippen LogP contribution is -2.59. The van der Waals surface area contributed by atoms with E-state index in [0.29, 0.717) is 6.61 Å². The van der Waals surface area contributed by atoms with Gasteiger partial charge < -0.3 is 29.9 Å². The van der Waals surface area contributed by atoms with Crippen LogP contribution in [0.4, 0.5) is 0 Å². The van der Waals surface area contributed by atoms with E-state index in [2.05, 4.69) is 6.92 Å². The van der Waals surface area contributed by atoms with Gasteiger partial charge >= 0.3 is 0 Å². The molecule has 0 aliphatic carbocycles. The van der Waals surface area contributed by atoms with Crippen LogP contribution in [-0.4, -0.2) is 75.9 Å². The molecule has 0 unspecified atom stereocenters. The number of aliphatic hydroxyl groups is 4. The van der Waals surface area contributed by atoms with Crippen molar-refractivity contribution in [3.8, 4) is 0 Å². The third kappa shape index (κ3) is 15.0. The van der Waals surface area contributed by atoms with Gasteiger partial charge in [0.2, 0.25) is 0 Å². The van der Waals surface area contributed by atoms with Crippen molar-refractivity contribution in [2.75, 3.05) is 24.7 Å². The molecule has 0 aromatic carbocycles. The predicted molar refractivity (Wildman–Crippen MR) is 137 cm³/mol. The van der Waals surface area contributed by atoms with E-state index in [1.807, 2.05) is 0 Å². The summed E-state index contributed by atoms with van der Waals surface area (Å²) in [5, 5.41) is 38.9. The zero-order chi connectivity index (χ0) is 24.2. The summed E-state index contributed by atoms with van der Waals surface area (Å²) in [6, 6.07) is 0. The van der Waals surface area contributed by atoms with Crippen LogP contribution in [0.25, 0.3) is 0 Å². The number of thioether (sulfide) groups is 1. The molecule has 1 fully saturated rings. The SMILES string of the molecule is CCCCCCCCCCCCCCCCCCSCCO[C@@H]1[C@@H](O)[C@H](O)[C@@H](CO)O[C@H]1O. The Morgan fingerprint density at radius 1 is 0.667 bits per heavy atom. The second-order valence-electron chi connectivity index (χ2n) is 9.48. The van der Waals surface area contributed by atoms with E-state index >= 15 is 0 Å². The van der Waals surface area contributed by atoms with E-state index < -0.39 is 37.3 Å². The number of aliphatic hydroxyl groups excluding tert-OH is 4. The molecule has 5 atom stereocenters. The molecule has 1 aliphatic heterocycles. The van der Waals surface area contributed by atoms with Gasteiger partial charge in [-0.1, -0.05) is 103 Å². The van der Waals surface area contributed by atoms with Crippen LogP contribution < -0.4 is 0 Å². The third-order valence-electron chi connectivity index (χ3n) is 6.52. The van der Waals surface area contributed by atoms with Crippen LogP contribution in [0, 0.1) is 0 Å². The molecule has 33 heavy (non-hydrogen) atoms. The largest absolute Gasteiger partial charge is 0.394 e. The first kappa shape index (κ1) is 31.1. The molecule has 0 saturated carbocycles. The van der Waals surface area contributed by atoms with Crippen molar-refractivity contribution < 1.29 is 29.9 Å². The molecule has 1 aliphatic rings. The van der Waals surface area contributed by atoms with Crippen molar-refractivity contribution in [3.63, 3.8) is 0 Å². The van der Waals surface area contributed by atoms with Gasteiger partial charge in [0.25, 0.3) is 0 Å². The maximum atomic E-state index is 10.0. The maximum absolute atomic E-state index is 10.0. The van der Waals surface area contributed by atoms with Gasteiger partial charge in [0.05, 0.1) is 13.2 Å². The van der Waals surface area contributed by atoms with Gasteiger partial charge in [0, 0.05) is 5.75 Å². The molecule has 0 aromatic heterocycles. The molecule has 0 radical (unpaired) electrons. The monoisotopic (exact) mass is 492 g/mol. The number of rotatable bonds is 22. The lowest BCUT2D eigenvalue weighted by atomic mass is 9.99. The quantitative estimate of drug-likeness (QED) is 0.161. The summed E-state index contributed by atoms with van der Waals surface area (Å²) in [5.74, 6) is 1.86. The fourth-order valence-corrected chi connectivity index (χ4v) is 5.18. The average molecular weight is 493 g/mol. The van der Waals surface area contributed by atoms with Crippen molar-refractivity contribution in [3.05, 3.63) is 0 Å². The van der Waals surface area contributed by atoms with Crippen molar-refractivity contribution in [1.82, 2.24) is 0 Å². The third-order valence-corrected chi connectivity index (χ3v) is 7.56. The molecule has 1 heterocycles. The Kier molecular flexibility index (Phi) is 20.2. The molecule has 0 spiro atoms. The molecule has 0 bridgehead atoms. The summed E-state index contributed by atoms with van der Waals surface area (Å²) < 4.78 is 10.6. The van der Waals surface area contributed by atoms with Crippen LogP contribution in [-0.2, 0) is 9.47 Å². The first-order valence-electron chi connectivity index (χ1n) is 13.6. The lowest BCUT2D eigenvalue weighted by molar-refractivity contribution is -0.295. The minimum absolute atomic E-state index is 0.377. The van der Waals surface area contributed by atoms with Gasteiger partial charge in [-0.25, -0.2) is 0 Å². The Labute approximate surface area is 206 Å². The topological polar surface area (TPSA) is 99.4 Å². The molecular formula is C26H52O6S. The fraction of sp³-hybridized carbons (Fsp3) is 1.00. The summed E-state index contributed by atoms with van der Waals surface area (Å²) in [5.41, 5.74) is 0. The Morgan fingerprint density at radius 2 is 1.15 bits per heavy atom. The van der Waals surface area contributed by atoms with E-state index in [-0.39, 0.29) is 0 Å². The smallest absolute Gasteiger partial charge is 0.184 e. The highest BCUT2D eigenvalue weighted by atomic mass is 32.2. The molecule has 7 heteroatoms. The summed E-state index contributed by atoms with van der Waals surface area (Å²) in [4.78, 5) is 0. The summed E-state index contributed by atoms with van der Waals surface area (Å²) in [6.45, 7) is 2.19. The Bertz CT molecular complexity index is 428. The Balaban J connectivity index is 1.80. The van der Waals surface area contributed by atoms with E-state index in [4.69, 9.17) is 14.6 Å². The van der Waals surface area contributed by atoms with E-state index in [1.54, 1.807) is 11.8 Å². The summed E-state index contributed by atoms with van der Waals surface area (Å²) in [6.07, 6.45) is 16.2. The number of unbranched alkanes of at least 4 members (excludes halogenated alkanes) is 15. The highest BCUT2D eigenvalue weighted by Gasteiger charge is 2.44. The van der Waals surface area contributed by atoms with Crippen LogP contribution in [0.2, 0.25) is 0 Å². The molecule has 0 amide bonds. The fourth-order valence-electron chi connectivity index (χ4n) is 4.35. The zero-order valence-electron chi connectivity index (χ0n) is 21.0. The first-order chi connectivity index (χ1) is 16.1. The molecular weight excluding hydrogens is 440 g/mol. The Morgan fingerprint density at radius 3 is 1.64 bits per heavy atom. The van der Waals surface area contributed by atoms with Crippen LogP contribution in [0.1, 0.15) is 110 Å². The zero-order valence-corrected chi connectivity index (χ0v) is 21.9. The van der Waals surface area contributed by atoms with Crippen LogP contribution >= 0.6 is 11.8 Å². The first-order valence-corrected chi connectivity index (χ1v) is 14.8. The van der Waals surface area contributed by atoms with Crippen LogP contribution in [0.15, 0.2) is 0 Å². The highest BCUT2D eigenvalue weighted by molar-refractivity contribution is 7.99. The van der Waals surface area contributed by atoms with Gasteiger partial charge in [-0.2, -0.15) is 11.8 Å². The number of hydrogen-bond donors (Lipinski definition) is 4. The van der Waals surface area contributed by atoms with Gasteiger partial charge in [0.15, 0.2) is 6.29 Å². The standard InChI is InChI=1S/C26H52O6S/c1-2-3-4-5-6-7-8-9-10-11-12-13-14-15-16-17-19-33-20-18-31-25-24(29)23(28)22(21-27)32-26(25)30/h22-30H,2-21H2,1H3/t22-,23-,24+,25-,26-/m1/s1. The maximum Gasteiger partial charge on any atom is 0.184 e. The predicted octanol–water partition coefficient (Wildman–Crippen LogP) is 4.80. The molecule has 198 valence electrons. The van der Waals surface area contributed by atoms with Gasteiger partial charge in [-0.3, -0.25) is 0 Å². The minimum atomic E-state index is -1.34. The van der Waals surface area contributed by atoms with E-state index in [1.165, 1.54) is 103 Å². The summed E-state index contributed by atoms with van der Waals surface area (Å²) in [7, 11) is 0. The van der Waals surface area contributed by atoms with Gasteiger partial charge in [0.1, 0.15) is 24.4 Å². The normalized spacial score (nSPS) is 25.5. The second kappa shape index (κ2) is 21.4. The number of ether oxygens (including phenoxy) is 2. The van der Waals surface area contributed by atoms with Crippen molar-refractivity contribution in [2.45, 2.75) is 140 Å². The van der Waals surface area contributed by atoms with E-state index in [0.717, 1.165) is 11.5 Å². The minimum Gasteiger partial charge on any atom is -0.394 e. The van der Waals surface area contributed by atoms with Crippen LogP contribution in [0.3, 0.4) is 0 Å². The van der Waals surface area contributed by atoms with Gasteiger partial charge in [-0.05, 0) is 12.2 Å². The van der Waals surface area contributed by atoms with Crippen molar-refractivity contribution >= 4 is 11.8 Å². The lowest BCUT2D eigenvalue weighted by Gasteiger charge is -2.39. The highest BCUT2D eigenvalue weighted by Crippen LogP contribution is 2.22. The van der Waals surface area contributed by atoms with Crippen LogP contribution in [0.5, 0.6) is 0 Å². The molecule has 0 aromatic rings. The van der Waals surface area contributed by atoms with Crippen molar-refractivity contribution in [2.24, 2.45) is 0 Å².